The summed E-state index contributed by atoms with van der Waals surface area (Å²) >= 11 is 5.81. The highest BCUT2D eigenvalue weighted by molar-refractivity contribution is 8.23. The molecule has 0 aliphatic heterocycles. The molecule has 150 valence electrons. The first-order valence-electron chi connectivity index (χ1n) is 8.02. The Kier molecular flexibility index (Phi) is 9.57. The van der Waals surface area contributed by atoms with Crippen LogP contribution in [-0.4, -0.2) is 46.9 Å². The Bertz CT molecular complexity index is 641. The molecule has 0 aliphatic rings. The standard InChI is InChI=1S/C17H20F3NO4S2/c1-3-24-16(26)27-13(10-25-11(2)22)9-14(17(18,19)20)21-15(23)12-7-5-4-6-8-12/h4-8,13-14H,3,9-10H2,1-2H3,(H,21,23). The van der Waals surface area contributed by atoms with E-state index in [0.29, 0.717) is 0 Å². The number of amides is 1. The van der Waals surface area contributed by atoms with Gasteiger partial charge in [0.2, 0.25) is 4.38 Å². The number of hydrogen-bond acceptors (Lipinski definition) is 6. The number of alkyl halides is 3. The van der Waals surface area contributed by atoms with Crippen molar-refractivity contribution >= 4 is 40.2 Å². The Morgan fingerprint density at radius 3 is 2.37 bits per heavy atom. The molecular weight excluding hydrogens is 403 g/mol. The van der Waals surface area contributed by atoms with Crippen LogP contribution in [0.3, 0.4) is 0 Å². The molecule has 1 rings (SSSR count). The van der Waals surface area contributed by atoms with Crippen molar-refractivity contribution in [2.24, 2.45) is 0 Å². The van der Waals surface area contributed by atoms with Crippen molar-refractivity contribution in [1.82, 2.24) is 5.32 Å². The smallest absolute Gasteiger partial charge is 0.408 e. The predicted molar refractivity (Wildman–Crippen MR) is 101 cm³/mol. The number of carbonyl (C=O) groups is 2. The molecule has 1 amide bonds. The molecule has 0 radical (unpaired) electrons. The van der Waals surface area contributed by atoms with Crippen molar-refractivity contribution in [3.63, 3.8) is 0 Å². The molecule has 0 saturated heterocycles. The van der Waals surface area contributed by atoms with E-state index in [2.05, 4.69) is 0 Å². The first-order valence-corrected chi connectivity index (χ1v) is 9.31. The van der Waals surface area contributed by atoms with Crippen molar-refractivity contribution in [2.45, 2.75) is 37.7 Å². The second kappa shape index (κ2) is 11.1. The lowest BCUT2D eigenvalue weighted by atomic mass is 10.1. The molecule has 27 heavy (non-hydrogen) atoms. The van der Waals surface area contributed by atoms with Crippen molar-refractivity contribution in [1.29, 1.82) is 0 Å². The fraction of sp³-hybridized carbons (Fsp3) is 0.471. The van der Waals surface area contributed by atoms with E-state index in [-0.39, 0.29) is 23.2 Å². The molecule has 0 bridgehead atoms. The molecule has 1 aromatic rings. The third kappa shape index (κ3) is 9.09. The van der Waals surface area contributed by atoms with Gasteiger partial charge in [-0.1, -0.05) is 30.0 Å². The summed E-state index contributed by atoms with van der Waals surface area (Å²) in [7, 11) is 0. The van der Waals surface area contributed by atoms with E-state index >= 15 is 0 Å². The van der Waals surface area contributed by atoms with E-state index < -0.39 is 35.8 Å². The minimum atomic E-state index is -4.69. The van der Waals surface area contributed by atoms with Gasteiger partial charge in [0.05, 0.1) is 6.61 Å². The molecule has 0 fully saturated rings. The highest BCUT2D eigenvalue weighted by Gasteiger charge is 2.42. The van der Waals surface area contributed by atoms with E-state index in [4.69, 9.17) is 21.7 Å². The Balaban J connectivity index is 2.89. The first kappa shape index (κ1) is 23.2. The number of benzene rings is 1. The lowest BCUT2D eigenvalue weighted by molar-refractivity contribution is -0.155. The maximum atomic E-state index is 13.4. The summed E-state index contributed by atoms with van der Waals surface area (Å²) in [6.07, 6.45) is -5.22. The van der Waals surface area contributed by atoms with Gasteiger partial charge in [-0.15, -0.1) is 0 Å². The number of ether oxygens (including phenoxy) is 2. The number of halogens is 3. The largest absolute Gasteiger partial charge is 0.479 e. The molecule has 5 nitrogen and oxygen atoms in total. The number of esters is 1. The summed E-state index contributed by atoms with van der Waals surface area (Å²) in [4.78, 5) is 23.1. The second-order valence-corrected chi connectivity index (χ2v) is 7.30. The molecule has 1 aromatic carbocycles. The topological polar surface area (TPSA) is 64.6 Å². The van der Waals surface area contributed by atoms with Gasteiger partial charge in [0, 0.05) is 17.7 Å². The van der Waals surface area contributed by atoms with Crippen molar-refractivity contribution < 1.29 is 32.2 Å². The van der Waals surface area contributed by atoms with E-state index in [1.807, 2.05) is 5.32 Å². The zero-order chi connectivity index (χ0) is 20.4. The fourth-order valence-electron chi connectivity index (χ4n) is 2.02. The fourth-order valence-corrected chi connectivity index (χ4v) is 3.43. The van der Waals surface area contributed by atoms with Gasteiger partial charge < -0.3 is 14.8 Å². The number of thioether (sulfide) groups is 1. The molecule has 10 heteroatoms. The van der Waals surface area contributed by atoms with E-state index in [0.717, 1.165) is 18.7 Å². The molecule has 1 N–H and O–H groups in total. The van der Waals surface area contributed by atoms with Crippen LogP contribution in [0.4, 0.5) is 13.2 Å². The molecule has 0 heterocycles. The average molecular weight is 423 g/mol. The van der Waals surface area contributed by atoms with Crippen LogP contribution in [-0.2, 0) is 14.3 Å². The zero-order valence-corrected chi connectivity index (χ0v) is 16.4. The van der Waals surface area contributed by atoms with Gasteiger partial charge in [0.1, 0.15) is 12.6 Å². The molecule has 0 aromatic heterocycles. The highest BCUT2D eigenvalue weighted by atomic mass is 32.2. The Hall–Kier alpha value is -1.81. The molecule has 0 saturated carbocycles. The van der Waals surface area contributed by atoms with Crippen LogP contribution >= 0.6 is 24.0 Å². The Morgan fingerprint density at radius 1 is 1.22 bits per heavy atom. The number of carbonyl (C=O) groups excluding carboxylic acids is 2. The second-order valence-electron chi connectivity index (χ2n) is 5.39. The van der Waals surface area contributed by atoms with Crippen molar-refractivity contribution in [3.05, 3.63) is 35.9 Å². The van der Waals surface area contributed by atoms with E-state index in [1.165, 1.54) is 12.1 Å². The van der Waals surface area contributed by atoms with Crippen LogP contribution < -0.4 is 5.32 Å². The Labute approximate surface area is 165 Å². The van der Waals surface area contributed by atoms with Crippen molar-refractivity contribution in [2.75, 3.05) is 13.2 Å². The number of rotatable bonds is 8. The summed E-state index contributed by atoms with van der Waals surface area (Å²) < 4.78 is 50.3. The van der Waals surface area contributed by atoms with Gasteiger partial charge in [0.15, 0.2) is 0 Å². The number of nitrogens with one attached hydrogen (secondary N) is 1. The van der Waals surface area contributed by atoms with Crippen molar-refractivity contribution in [3.8, 4) is 0 Å². The van der Waals surface area contributed by atoms with Gasteiger partial charge in [-0.25, -0.2) is 0 Å². The summed E-state index contributed by atoms with van der Waals surface area (Å²) in [5.41, 5.74) is 0.112. The SMILES string of the molecule is CCOC(=S)SC(COC(C)=O)CC(NC(=O)c1ccccc1)C(F)(F)F. The van der Waals surface area contributed by atoms with Crippen LogP contribution in [0.5, 0.6) is 0 Å². The molecule has 0 spiro atoms. The van der Waals surface area contributed by atoms with Gasteiger partial charge in [-0.05, 0) is 37.7 Å². The van der Waals surface area contributed by atoms with Crippen LogP contribution in [0.25, 0.3) is 0 Å². The molecule has 2 unspecified atom stereocenters. The maximum Gasteiger partial charge on any atom is 0.408 e. The van der Waals surface area contributed by atoms with E-state index in [9.17, 15) is 22.8 Å². The average Bonchev–Trinajstić information content (AvgIpc) is 2.59. The third-order valence-corrected chi connectivity index (χ3v) is 4.61. The lowest BCUT2D eigenvalue weighted by Gasteiger charge is -2.26. The quantitative estimate of drug-likeness (QED) is 0.508. The summed E-state index contributed by atoms with van der Waals surface area (Å²) in [5, 5.41) is 1.16. The molecular formula is C17H20F3NO4S2. The van der Waals surface area contributed by atoms with Crippen LogP contribution in [0.2, 0.25) is 0 Å². The van der Waals surface area contributed by atoms with E-state index in [1.54, 1.807) is 25.1 Å². The number of hydrogen-bond donors (Lipinski definition) is 1. The van der Waals surface area contributed by atoms with Gasteiger partial charge in [-0.2, -0.15) is 13.2 Å². The normalized spacial score (nSPS) is 13.4. The highest BCUT2D eigenvalue weighted by Crippen LogP contribution is 2.29. The lowest BCUT2D eigenvalue weighted by Crippen LogP contribution is -2.47. The maximum absolute atomic E-state index is 13.4. The Morgan fingerprint density at radius 2 is 1.85 bits per heavy atom. The first-order chi connectivity index (χ1) is 12.6. The summed E-state index contributed by atoms with van der Waals surface area (Å²) in [6.45, 7) is 2.81. The zero-order valence-electron chi connectivity index (χ0n) is 14.7. The number of thiocarbonyl (C=S) groups is 1. The summed E-state index contributed by atoms with van der Waals surface area (Å²) in [5.74, 6) is -1.47. The molecule has 0 aliphatic carbocycles. The van der Waals surface area contributed by atoms with Crippen LogP contribution in [0.15, 0.2) is 30.3 Å². The van der Waals surface area contributed by atoms with Gasteiger partial charge in [0.25, 0.3) is 5.91 Å². The summed E-state index contributed by atoms with van der Waals surface area (Å²) in [6, 6.07) is 5.45. The van der Waals surface area contributed by atoms with Gasteiger partial charge >= 0.3 is 12.1 Å². The predicted octanol–water partition coefficient (Wildman–Crippen LogP) is 3.72. The minimum Gasteiger partial charge on any atom is -0.479 e. The third-order valence-electron chi connectivity index (χ3n) is 3.23. The monoisotopic (exact) mass is 423 g/mol. The van der Waals surface area contributed by atoms with Gasteiger partial charge in [-0.3, -0.25) is 9.59 Å². The van der Waals surface area contributed by atoms with Crippen LogP contribution in [0, 0.1) is 0 Å². The molecule has 2 atom stereocenters. The van der Waals surface area contributed by atoms with Crippen LogP contribution in [0.1, 0.15) is 30.6 Å². The minimum absolute atomic E-state index is 0.0463.